The minimum absolute atomic E-state index is 0.140. The van der Waals surface area contributed by atoms with Crippen molar-refractivity contribution < 1.29 is 14.7 Å². The Morgan fingerprint density at radius 3 is 2.71 bits per heavy atom. The number of nitrogens with one attached hydrogen (secondary N) is 2. The Morgan fingerprint density at radius 2 is 2.06 bits per heavy atom. The van der Waals surface area contributed by atoms with E-state index in [1.807, 2.05) is 0 Å². The SMILES string of the molecule is Cc1c(Cl)ccnc1C(=O)NCCNC(=O)O. The van der Waals surface area contributed by atoms with Crippen LogP contribution in [0.5, 0.6) is 0 Å². The molecule has 0 aliphatic heterocycles. The van der Waals surface area contributed by atoms with Gasteiger partial charge in [0.1, 0.15) is 5.69 Å². The lowest BCUT2D eigenvalue weighted by Gasteiger charge is -2.07. The Labute approximate surface area is 103 Å². The van der Waals surface area contributed by atoms with Crippen LogP contribution in [0.3, 0.4) is 0 Å². The van der Waals surface area contributed by atoms with Crippen LogP contribution in [-0.2, 0) is 0 Å². The first-order chi connectivity index (χ1) is 8.02. The van der Waals surface area contributed by atoms with Gasteiger partial charge in [0.2, 0.25) is 0 Å². The molecule has 0 saturated heterocycles. The molecule has 0 radical (unpaired) electrons. The van der Waals surface area contributed by atoms with Gasteiger partial charge in [0, 0.05) is 24.3 Å². The van der Waals surface area contributed by atoms with E-state index in [-0.39, 0.29) is 24.7 Å². The number of carbonyl (C=O) groups excluding carboxylic acids is 1. The molecule has 0 fully saturated rings. The zero-order valence-corrected chi connectivity index (χ0v) is 9.91. The second-order valence-electron chi connectivity index (χ2n) is 3.25. The van der Waals surface area contributed by atoms with Crippen molar-refractivity contribution in [1.29, 1.82) is 0 Å². The number of aromatic nitrogens is 1. The number of hydrogen-bond donors (Lipinski definition) is 3. The number of rotatable bonds is 4. The molecule has 0 aromatic carbocycles. The first kappa shape index (κ1) is 13.2. The lowest BCUT2D eigenvalue weighted by Crippen LogP contribution is -2.34. The Balaban J connectivity index is 2.53. The second-order valence-corrected chi connectivity index (χ2v) is 3.66. The van der Waals surface area contributed by atoms with Crippen LogP contribution in [0, 0.1) is 6.92 Å². The van der Waals surface area contributed by atoms with Gasteiger partial charge in [-0.3, -0.25) is 9.78 Å². The van der Waals surface area contributed by atoms with E-state index in [0.717, 1.165) is 0 Å². The quantitative estimate of drug-likeness (QED) is 0.703. The lowest BCUT2D eigenvalue weighted by molar-refractivity contribution is 0.0947. The summed E-state index contributed by atoms with van der Waals surface area (Å²) in [5.41, 5.74) is 0.839. The molecule has 0 saturated carbocycles. The van der Waals surface area contributed by atoms with Crippen molar-refractivity contribution in [3.05, 3.63) is 28.5 Å². The summed E-state index contributed by atoms with van der Waals surface area (Å²) in [6.07, 6.45) is 0.316. The normalized spacial score (nSPS) is 9.76. The minimum Gasteiger partial charge on any atom is -0.465 e. The van der Waals surface area contributed by atoms with Crippen LogP contribution in [0.2, 0.25) is 5.02 Å². The smallest absolute Gasteiger partial charge is 0.404 e. The topological polar surface area (TPSA) is 91.3 Å². The molecule has 7 heteroatoms. The monoisotopic (exact) mass is 257 g/mol. The number of hydrogen-bond acceptors (Lipinski definition) is 3. The van der Waals surface area contributed by atoms with Crippen molar-refractivity contribution in [3.63, 3.8) is 0 Å². The molecule has 1 rings (SSSR count). The Kier molecular flexibility index (Phi) is 4.71. The predicted molar refractivity (Wildman–Crippen MR) is 62.3 cm³/mol. The highest BCUT2D eigenvalue weighted by molar-refractivity contribution is 6.31. The molecule has 0 bridgehead atoms. The molecule has 6 nitrogen and oxygen atoms in total. The molecule has 0 spiro atoms. The first-order valence-electron chi connectivity index (χ1n) is 4.88. The largest absolute Gasteiger partial charge is 0.465 e. The zero-order valence-electron chi connectivity index (χ0n) is 9.16. The number of amides is 2. The van der Waals surface area contributed by atoms with E-state index in [9.17, 15) is 9.59 Å². The van der Waals surface area contributed by atoms with Gasteiger partial charge in [-0.15, -0.1) is 0 Å². The summed E-state index contributed by atoms with van der Waals surface area (Å²) in [6.45, 7) is 2.03. The van der Waals surface area contributed by atoms with E-state index in [1.165, 1.54) is 6.20 Å². The van der Waals surface area contributed by atoms with E-state index in [0.29, 0.717) is 10.6 Å². The van der Waals surface area contributed by atoms with Crippen LogP contribution in [0.1, 0.15) is 16.1 Å². The Bertz CT molecular complexity index is 437. The zero-order chi connectivity index (χ0) is 12.8. The number of carboxylic acid groups (broad SMARTS) is 1. The van der Waals surface area contributed by atoms with Gasteiger partial charge < -0.3 is 15.7 Å². The third-order valence-corrected chi connectivity index (χ3v) is 2.45. The van der Waals surface area contributed by atoms with Crippen molar-refractivity contribution in [2.75, 3.05) is 13.1 Å². The summed E-state index contributed by atoms with van der Waals surface area (Å²) < 4.78 is 0. The van der Waals surface area contributed by atoms with Crippen LogP contribution in [0.15, 0.2) is 12.3 Å². The number of pyridine rings is 1. The van der Waals surface area contributed by atoms with E-state index in [1.54, 1.807) is 13.0 Å². The van der Waals surface area contributed by atoms with Gasteiger partial charge >= 0.3 is 6.09 Å². The predicted octanol–water partition coefficient (Wildman–Crippen LogP) is 1.04. The third kappa shape index (κ3) is 3.92. The molecule has 0 aliphatic carbocycles. The fourth-order valence-electron chi connectivity index (χ4n) is 1.17. The molecule has 3 N–H and O–H groups in total. The molecule has 0 unspecified atom stereocenters. The molecule has 1 aromatic rings. The summed E-state index contributed by atoms with van der Waals surface area (Å²) in [5.74, 6) is -0.378. The fraction of sp³-hybridized carbons (Fsp3) is 0.300. The highest BCUT2D eigenvalue weighted by atomic mass is 35.5. The Hall–Kier alpha value is -1.82. The van der Waals surface area contributed by atoms with Crippen molar-refractivity contribution in [2.24, 2.45) is 0 Å². The average Bonchev–Trinajstić information content (AvgIpc) is 2.27. The maximum Gasteiger partial charge on any atom is 0.404 e. The van der Waals surface area contributed by atoms with E-state index in [4.69, 9.17) is 16.7 Å². The molecule has 1 heterocycles. The standard InChI is InChI=1S/C10H12ClN3O3/c1-6-7(11)2-3-12-8(6)9(15)13-4-5-14-10(16)17/h2-3,14H,4-5H2,1H3,(H,13,15)(H,16,17). The van der Waals surface area contributed by atoms with Gasteiger partial charge in [-0.2, -0.15) is 0 Å². The molecule has 0 aliphatic rings. The van der Waals surface area contributed by atoms with Crippen LogP contribution in [-0.4, -0.2) is 35.2 Å². The summed E-state index contributed by atoms with van der Waals surface area (Å²) in [7, 11) is 0. The fourth-order valence-corrected chi connectivity index (χ4v) is 1.32. The summed E-state index contributed by atoms with van der Waals surface area (Å²) in [6, 6.07) is 1.60. The van der Waals surface area contributed by atoms with Gasteiger partial charge in [0.25, 0.3) is 5.91 Å². The molecule has 1 aromatic heterocycles. The summed E-state index contributed by atoms with van der Waals surface area (Å²) in [5, 5.41) is 13.5. The molecule has 2 amide bonds. The molecular formula is C10H12ClN3O3. The van der Waals surface area contributed by atoms with E-state index >= 15 is 0 Å². The minimum atomic E-state index is -1.13. The molecule has 17 heavy (non-hydrogen) atoms. The van der Waals surface area contributed by atoms with E-state index < -0.39 is 6.09 Å². The number of nitrogens with zero attached hydrogens (tertiary/aromatic N) is 1. The van der Waals surface area contributed by atoms with E-state index in [2.05, 4.69) is 15.6 Å². The van der Waals surface area contributed by atoms with Crippen molar-refractivity contribution in [1.82, 2.24) is 15.6 Å². The first-order valence-corrected chi connectivity index (χ1v) is 5.26. The number of halogens is 1. The van der Waals surface area contributed by atoms with Crippen LogP contribution in [0.4, 0.5) is 4.79 Å². The summed E-state index contributed by atoms with van der Waals surface area (Å²) in [4.78, 5) is 25.7. The van der Waals surface area contributed by atoms with Crippen LogP contribution >= 0.6 is 11.6 Å². The second kappa shape index (κ2) is 6.05. The average molecular weight is 258 g/mol. The highest BCUT2D eigenvalue weighted by Crippen LogP contribution is 2.16. The summed E-state index contributed by atoms with van der Waals surface area (Å²) >= 11 is 5.85. The van der Waals surface area contributed by atoms with Crippen LogP contribution < -0.4 is 10.6 Å². The van der Waals surface area contributed by atoms with Crippen molar-refractivity contribution >= 4 is 23.6 Å². The molecular weight excluding hydrogens is 246 g/mol. The Morgan fingerprint density at radius 1 is 1.41 bits per heavy atom. The van der Waals surface area contributed by atoms with Gasteiger partial charge in [-0.1, -0.05) is 11.6 Å². The maximum absolute atomic E-state index is 11.7. The lowest BCUT2D eigenvalue weighted by atomic mass is 10.2. The van der Waals surface area contributed by atoms with Crippen molar-refractivity contribution in [3.8, 4) is 0 Å². The van der Waals surface area contributed by atoms with Crippen molar-refractivity contribution in [2.45, 2.75) is 6.92 Å². The highest BCUT2D eigenvalue weighted by Gasteiger charge is 2.11. The third-order valence-electron chi connectivity index (χ3n) is 2.04. The van der Waals surface area contributed by atoms with Crippen LogP contribution in [0.25, 0.3) is 0 Å². The molecule has 0 atom stereocenters. The van der Waals surface area contributed by atoms with Gasteiger partial charge in [-0.25, -0.2) is 4.79 Å². The van der Waals surface area contributed by atoms with Gasteiger partial charge in [0.05, 0.1) is 0 Å². The van der Waals surface area contributed by atoms with Gasteiger partial charge in [-0.05, 0) is 18.6 Å². The molecule has 92 valence electrons. The maximum atomic E-state index is 11.7. The number of carbonyl (C=O) groups is 2. The van der Waals surface area contributed by atoms with Gasteiger partial charge in [0.15, 0.2) is 0 Å².